The van der Waals surface area contributed by atoms with Crippen LogP contribution < -0.4 is 4.74 Å². The van der Waals surface area contributed by atoms with E-state index in [4.69, 9.17) is 14.5 Å². The number of benzene rings is 2. The predicted molar refractivity (Wildman–Crippen MR) is 117 cm³/mol. The molecule has 0 bridgehead atoms. The standard InChI is InChI=1S/C22H19FN6O2S/c1-14-26-29-20(21(24-22(29)32-14)15-7-9-17(30-2)10-8-15)13-31-12-16-11-28(27-25-16)19-6-4-3-5-18(19)23/h3-11H,12-13H2,1-2H3. The van der Waals surface area contributed by atoms with Crippen molar-refractivity contribution < 1.29 is 13.9 Å². The van der Waals surface area contributed by atoms with E-state index in [1.807, 2.05) is 35.7 Å². The van der Waals surface area contributed by atoms with Gasteiger partial charge < -0.3 is 9.47 Å². The summed E-state index contributed by atoms with van der Waals surface area (Å²) in [5.41, 5.74) is 3.53. The van der Waals surface area contributed by atoms with E-state index >= 15 is 0 Å². The molecule has 0 saturated carbocycles. The van der Waals surface area contributed by atoms with Crippen molar-refractivity contribution in [3.63, 3.8) is 0 Å². The summed E-state index contributed by atoms with van der Waals surface area (Å²) in [5, 5.41) is 13.6. The minimum Gasteiger partial charge on any atom is -0.497 e. The molecule has 0 unspecified atom stereocenters. The third-order valence-electron chi connectivity index (χ3n) is 4.89. The van der Waals surface area contributed by atoms with Gasteiger partial charge in [-0.2, -0.15) is 5.10 Å². The van der Waals surface area contributed by atoms with Gasteiger partial charge in [0.15, 0.2) is 0 Å². The molecule has 0 spiro atoms. The predicted octanol–water partition coefficient (Wildman–Crippen LogP) is 4.21. The second kappa shape index (κ2) is 8.48. The highest BCUT2D eigenvalue weighted by Gasteiger charge is 2.18. The Bertz CT molecular complexity index is 1380. The van der Waals surface area contributed by atoms with E-state index in [-0.39, 0.29) is 19.0 Å². The SMILES string of the molecule is COc1ccc(-c2nc3sc(C)nn3c2COCc2cn(-c3ccccc3F)nn2)cc1. The van der Waals surface area contributed by atoms with Crippen LogP contribution in [0, 0.1) is 12.7 Å². The molecule has 3 heterocycles. The molecule has 2 aromatic carbocycles. The summed E-state index contributed by atoms with van der Waals surface area (Å²) in [7, 11) is 1.63. The Morgan fingerprint density at radius 1 is 1.06 bits per heavy atom. The lowest BCUT2D eigenvalue weighted by Gasteiger charge is -2.06. The lowest BCUT2D eigenvalue weighted by Crippen LogP contribution is -2.01. The van der Waals surface area contributed by atoms with Crippen LogP contribution >= 0.6 is 11.3 Å². The van der Waals surface area contributed by atoms with E-state index < -0.39 is 0 Å². The molecule has 0 aliphatic heterocycles. The van der Waals surface area contributed by atoms with Crippen molar-refractivity contribution >= 4 is 16.3 Å². The summed E-state index contributed by atoms with van der Waals surface area (Å²) >= 11 is 1.52. The Morgan fingerprint density at radius 2 is 1.88 bits per heavy atom. The molecule has 10 heteroatoms. The average molecular weight is 450 g/mol. The van der Waals surface area contributed by atoms with Crippen molar-refractivity contribution in [1.82, 2.24) is 29.6 Å². The number of aryl methyl sites for hydroxylation is 1. The van der Waals surface area contributed by atoms with E-state index in [2.05, 4.69) is 15.4 Å². The Morgan fingerprint density at radius 3 is 2.66 bits per heavy atom. The third kappa shape index (κ3) is 3.85. The number of rotatable bonds is 7. The highest BCUT2D eigenvalue weighted by atomic mass is 32.1. The summed E-state index contributed by atoms with van der Waals surface area (Å²) in [5.74, 6) is 0.411. The first-order chi connectivity index (χ1) is 15.6. The van der Waals surface area contributed by atoms with E-state index in [1.165, 1.54) is 22.1 Å². The first-order valence-corrected chi connectivity index (χ1v) is 10.7. The quantitative estimate of drug-likeness (QED) is 0.370. The largest absolute Gasteiger partial charge is 0.497 e. The number of imidazole rings is 1. The van der Waals surface area contributed by atoms with Gasteiger partial charge >= 0.3 is 0 Å². The Kier molecular flexibility index (Phi) is 5.38. The normalized spacial score (nSPS) is 11.3. The van der Waals surface area contributed by atoms with Gasteiger partial charge in [-0.25, -0.2) is 18.6 Å². The molecule has 8 nitrogen and oxygen atoms in total. The zero-order chi connectivity index (χ0) is 22.1. The number of hydrogen-bond acceptors (Lipinski definition) is 7. The average Bonchev–Trinajstić information content (AvgIpc) is 3.50. The minimum absolute atomic E-state index is 0.215. The Balaban J connectivity index is 1.36. The van der Waals surface area contributed by atoms with Crippen LogP contribution in [0.25, 0.3) is 21.9 Å². The summed E-state index contributed by atoms with van der Waals surface area (Å²) in [4.78, 5) is 5.57. The number of methoxy groups -OCH3 is 1. The van der Waals surface area contributed by atoms with Gasteiger partial charge in [0.1, 0.15) is 28.0 Å². The maximum atomic E-state index is 14.0. The van der Waals surface area contributed by atoms with Gasteiger partial charge in [0.2, 0.25) is 4.96 Å². The first-order valence-electron chi connectivity index (χ1n) is 9.85. The number of ether oxygens (including phenoxy) is 2. The molecule has 3 aromatic heterocycles. The van der Waals surface area contributed by atoms with Crippen molar-refractivity contribution in [1.29, 1.82) is 0 Å². The number of nitrogens with zero attached hydrogens (tertiary/aromatic N) is 6. The Hall–Kier alpha value is -3.63. The van der Waals surface area contributed by atoms with Crippen molar-refractivity contribution in [3.05, 3.63) is 76.9 Å². The molecule has 5 aromatic rings. The summed E-state index contributed by atoms with van der Waals surface area (Å²) < 4.78 is 28.4. The lowest BCUT2D eigenvalue weighted by molar-refractivity contribution is 0.101. The van der Waals surface area contributed by atoms with Crippen molar-refractivity contribution in [2.24, 2.45) is 0 Å². The van der Waals surface area contributed by atoms with Gasteiger partial charge in [-0.1, -0.05) is 28.7 Å². The van der Waals surface area contributed by atoms with Crippen LogP contribution in [-0.2, 0) is 18.0 Å². The summed E-state index contributed by atoms with van der Waals surface area (Å²) in [6, 6.07) is 14.1. The number of aromatic nitrogens is 6. The summed E-state index contributed by atoms with van der Waals surface area (Å²) in [6.45, 7) is 2.43. The van der Waals surface area contributed by atoms with Crippen molar-refractivity contribution in [2.75, 3.05) is 7.11 Å². The van der Waals surface area contributed by atoms with Crippen LogP contribution in [0.1, 0.15) is 16.4 Å². The Labute approximate surface area is 186 Å². The molecule has 0 fully saturated rings. The van der Waals surface area contributed by atoms with Gasteiger partial charge in [0.05, 0.1) is 37.9 Å². The van der Waals surface area contributed by atoms with Gasteiger partial charge in [-0.3, -0.25) is 0 Å². The van der Waals surface area contributed by atoms with Gasteiger partial charge in [0, 0.05) is 5.56 Å². The molecular formula is C22H19FN6O2S. The zero-order valence-electron chi connectivity index (χ0n) is 17.4. The first kappa shape index (κ1) is 20.3. The maximum Gasteiger partial charge on any atom is 0.213 e. The molecule has 0 atom stereocenters. The van der Waals surface area contributed by atoms with Crippen LogP contribution in [0.3, 0.4) is 0 Å². The lowest BCUT2D eigenvalue weighted by atomic mass is 10.1. The fourth-order valence-electron chi connectivity index (χ4n) is 3.37. The van der Waals surface area contributed by atoms with Crippen LogP contribution in [0.15, 0.2) is 54.7 Å². The molecule has 32 heavy (non-hydrogen) atoms. The van der Waals surface area contributed by atoms with Crippen molar-refractivity contribution in [2.45, 2.75) is 20.1 Å². The second-order valence-corrected chi connectivity index (χ2v) is 8.21. The van der Waals surface area contributed by atoms with Gasteiger partial charge in [0.25, 0.3) is 0 Å². The van der Waals surface area contributed by atoms with E-state index in [1.54, 1.807) is 31.5 Å². The number of hydrogen-bond donors (Lipinski definition) is 0. The van der Waals surface area contributed by atoms with Gasteiger partial charge in [-0.05, 0) is 43.3 Å². The molecule has 0 aliphatic rings. The van der Waals surface area contributed by atoms with E-state index in [9.17, 15) is 4.39 Å². The summed E-state index contributed by atoms with van der Waals surface area (Å²) in [6.07, 6.45) is 1.65. The third-order valence-corrected chi connectivity index (χ3v) is 5.71. The van der Waals surface area contributed by atoms with Crippen LogP contribution in [0.5, 0.6) is 5.75 Å². The van der Waals surface area contributed by atoms with E-state index in [0.29, 0.717) is 11.4 Å². The molecule has 0 aliphatic carbocycles. The molecule has 5 rings (SSSR count). The molecular weight excluding hydrogens is 431 g/mol. The minimum atomic E-state index is -0.366. The van der Waals surface area contributed by atoms with Crippen molar-refractivity contribution in [3.8, 4) is 22.7 Å². The zero-order valence-corrected chi connectivity index (χ0v) is 18.2. The van der Waals surface area contributed by atoms with E-state index in [0.717, 1.165) is 32.7 Å². The fourth-order valence-corrected chi connectivity index (χ4v) is 4.13. The molecule has 0 saturated heterocycles. The second-order valence-electron chi connectivity index (χ2n) is 7.05. The number of para-hydroxylation sites is 1. The highest BCUT2D eigenvalue weighted by Crippen LogP contribution is 2.29. The molecule has 0 radical (unpaired) electrons. The number of halogens is 1. The fraction of sp³-hybridized carbons (Fsp3) is 0.182. The molecule has 0 amide bonds. The molecule has 162 valence electrons. The monoisotopic (exact) mass is 450 g/mol. The highest BCUT2D eigenvalue weighted by molar-refractivity contribution is 7.16. The molecule has 0 N–H and O–H groups in total. The van der Waals surface area contributed by atoms with Gasteiger partial charge in [-0.15, -0.1) is 5.10 Å². The smallest absolute Gasteiger partial charge is 0.213 e. The van der Waals surface area contributed by atoms with Crippen LogP contribution in [-0.4, -0.2) is 36.7 Å². The maximum absolute atomic E-state index is 14.0. The topological polar surface area (TPSA) is 79.4 Å². The number of fused-ring (bicyclic) bond motifs is 1. The van der Waals surface area contributed by atoms with Crippen LogP contribution in [0.4, 0.5) is 4.39 Å². The van der Waals surface area contributed by atoms with Crippen LogP contribution in [0.2, 0.25) is 0 Å².